The number of carbonyl (C=O) groups is 1. The van der Waals surface area contributed by atoms with Crippen molar-refractivity contribution in [1.29, 1.82) is 0 Å². The van der Waals surface area contributed by atoms with Gasteiger partial charge in [0.15, 0.2) is 0 Å². The summed E-state index contributed by atoms with van der Waals surface area (Å²) >= 11 is 0. The van der Waals surface area contributed by atoms with Gasteiger partial charge in [0, 0.05) is 13.1 Å². The van der Waals surface area contributed by atoms with E-state index in [1.807, 2.05) is 19.3 Å². The first-order valence-corrected chi connectivity index (χ1v) is 4.10. The lowest BCUT2D eigenvalue weighted by molar-refractivity contribution is -0.104. The van der Waals surface area contributed by atoms with E-state index in [1.165, 1.54) is 0 Å². The third-order valence-corrected chi connectivity index (χ3v) is 1.68. The maximum atomic E-state index is 10.2. The molecule has 0 aliphatic rings. The van der Waals surface area contributed by atoms with Crippen molar-refractivity contribution >= 4 is 6.29 Å². The molecule has 0 saturated heterocycles. The molecule has 0 amide bonds. The van der Waals surface area contributed by atoms with Gasteiger partial charge in [-0.25, -0.2) is 0 Å². The van der Waals surface area contributed by atoms with Gasteiger partial charge < -0.3 is 4.90 Å². The summed E-state index contributed by atoms with van der Waals surface area (Å²) in [6.45, 7) is 6.01. The van der Waals surface area contributed by atoms with Gasteiger partial charge in [-0.3, -0.25) is 4.79 Å². The van der Waals surface area contributed by atoms with E-state index < -0.39 is 0 Å². The number of rotatable bonds is 4. The van der Waals surface area contributed by atoms with Crippen LogP contribution in [0, 0.1) is 0 Å². The Bertz CT molecular complexity index is 192. The largest absolute Gasteiger partial charge is 0.378 e. The molecule has 0 aliphatic carbocycles. The van der Waals surface area contributed by atoms with E-state index in [-0.39, 0.29) is 0 Å². The van der Waals surface area contributed by atoms with Crippen LogP contribution in [0.1, 0.15) is 20.8 Å². The quantitative estimate of drug-likeness (QED) is 0.362. The highest BCUT2D eigenvalue weighted by Gasteiger charge is 1.93. The number of hydrogen-bond acceptors (Lipinski definition) is 2. The van der Waals surface area contributed by atoms with Gasteiger partial charge in [0.05, 0.1) is 0 Å². The van der Waals surface area contributed by atoms with Gasteiger partial charge in [-0.1, -0.05) is 6.08 Å². The lowest BCUT2D eigenvalue weighted by Gasteiger charge is -2.17. The summed E-state index contributed by atoms with van der Waals surface area (Å²) < 4.78 is 0. The van der Waals surface area contributed by atoms with Gasteiger partial charge in [0.2, 0.25) is 0 Å². The first kappa shape index (κ1) is 11.0. The maximum absolute atomic E-state index is 10.2. The molecule has 0 atom stereocenters. The van der Waals surface area contributed by atoms with Gasteiger partial charge in [-0.2, -0.15) is 0 Å². The highest BCUT2D eigenvalue weighted by molar-refractivity contribution is 5.72. The Kier molecular flexibility index (Phi) is 5.09. The fraction of sp³-hybridized carbons (Fsp3) is 0.500. The van der Waals surface area contributed by atoms with Crippen LogP contribution in [0.4, 0.5) is 0 Å². The SMILES string of the molecule is C/C(C=O)=C/C=C\N(C)C(C)C. The standard InChI is InChI=1S/C10H17NO/c1-9(2)11(4)7-5-6-10(3)8-12/h5-9H,1-4H3/b7-5-,10-6-. The Morgan fingerprint density at radius 2 is 2.00 bits per heavy atom. The second-order valence-electron chi connectivity index (χ2n) is 3.13. The minimum absolute atomic E-state index is 0.492. The van der Waals surface area contributed by atoms with E-state index in [4.69, 9.17) is 0 Å². The third-order valence-electron chi connectivity index (χ3n) is 1.68. The van der Waals surface area contributed by atoms with Crippen molar-refractivity contribution in [1.82, 2.24) is 4.90 Å². The molecule has 0 aliphatic heterocycles. The Balaban J connectivity index is 3.99. The van der Waals surface area contributed by atoms with Crippen LogP contribution in [0.15, 0.2) is 23.9 Å². The molecule has 0 bridgehead atoms. The first-order valence-electron chi connectivity index (χ1n) is 4.10. The zero-order valence-electron chi connectivity index (χ0n) is 8.24. The predicted molar refractivity (Wildman–Crippen MR) is 51.9 cm³/mol. The molecule has 2 nitrogen and oxygen atoms in total. The van der Waals surface area contributed by atoms with Crippen molar-refractivity contribution in [2.75, 3.05) is 7.05 Å². The van der Waals surface area contributed by atoms with E-state index in [0.29, 0.717) is 6.04 Å². The molecule has 0 aromatic rings. The zero-order valence-corrected chi connectivity index (χ0v) is 8.24. The molecule has 0 N–H and O–H groups in total. The van der Waals surface area contributed by atoms with E-state index in [0.717, 1.165) is 11.9 Å². The second kappa shape index (κ2) is 5.58. The van der Waals surface area contributed by atoms with Gasteiger partial charge in [-0.15, -0.1) is 0 Å². The lowest BCUT2D eigenvalue weighted by Crippen LogP contribution is -2.19. The van der Waals surface area contributed by atoms with Crippen molar-refractivity contribution in [3.05, 3.63) is 23.9 Å². The van der Waals surface area contributed by atoms with Crippen molar-refractivity contribution in [3.8, 4) is 0 Å². The maximum Gasteiger partial charge on any atom is 0.145 e. The van der Waals surface area contributed by atoms with E-state index in [2.05, 4.69) is 18.7 Å². The molecule has 0 aromatic carbocycles. The summed E-state index contributed by atoms with van der Waals surface area (Å²) in [7, 11) is 2.01. The Hall–Kier alpha value is -1.05. The van der Waals surface area contributed by atoms with Gasteiger partial charge in [0.25, 0.3) is 0 Å². The van der Waals surface area contributed by atoms with Crippen LogP contribution < -0.4 is 0 Å². The summed E-state index contributed by atoms with van der Waals surface area (Å²) in [6, 6.07) is 0.492. The average molecular weight is 167 g/mol. The number of nitrogens with zero attached hydrogens (tertiary/aromatic N) is 1. The van der Waals surface area contributed by atoms with Crippen LogP contribution in [0.2, 0.25) is 0 Å². The van der Waals surface area contributed by atoms with E-state index >= 15 is 0 Å². The minimum Gasteiger partial charge on any atom is -0.378 e. The highest BCUT2D eigenvalue weighted by Crippen LogP contribution is 1.95. The molecule has 12 heavy (non-hydrogen) atoms. The van der Waals surface area contributed by atoms with Gasteiger partial charge >= 0.3 is 0 Å². The monoisotopic (exact) mass is 167 g/mol. The second-order valence-corrected chi connectivity index (χ2v) is 3.13. The lowest BCUT2D eigenvalue weighted by atomic mass is 10.3. The average Bonchev–Trinajstić information content (AvgIpc) is 2.03. The fourth-order valence-corrected chi connectivity index (χ4v) is 0.542. The molecular formula is C10H17NO. The molecule has 0 saturated carbocycles. The Morgan fingerprint density at radius 1 is 1.42 bits per heavy atom. The van der Waals surface area contributed by atoms with E-state index in [1.54, 1.807) is 13.0 Å². The summed E-state index contributed by atoms with van der Waals surface area (Å²) in [6.07, 6.45) is 6.48. The van der Waals surface area contributed by atoms with E-state index in [9.17, 15) is 4.79 Å². The molecule has 0 heterocycles. The molecular weight excluding hydrogens is 150 g/mol. The fourth-order valence-electron chi connectivity index (χ4n) is 0.542. The zero-order chi connectivity index (χ0) is 9.56. The van der Waals surface area contributed by atoms with Crippen molar-refractivity contribution < 1.29 is 4.79 Å². The van der Waals surface area contributed by atoms with Crippen LogP contribution in [0.5, 0.6) is 0 Å². The van der Waals surface area contributed by atoms with Crippen LogP contribution >= 0.6 is 0 Å². The Labute approximate surface area is 74.6 Å². The number of aldehydes is 1. The summed E-state index contributed by atoms with van der Waals surface area (Å²) in [5.74, 6) is 0. The van der Waals surface area contributed by atoms with Crippen LogP contribution in [-0.4, -0.2) is 24.3 Å². The molecule has 2 heteroatoms. The molecule has 0 unspecified atom stereocenters. The number of carbonyl (C=O) groups excluding carboxylic acids is 1. The van der Waals surface area contributed by atoms with Crippen molar-refractivity contribution in [3.63, 3.8) is 0 Å². The normalized spacial score (nSPS) is 12.6. The predicted octanol–water partition coefficient (Wildman–Crippen LogP) is 1.99. The summed E-state index contributed by atoms with van der Waals surface area (Å²) in [4.78, 5) is 12.3. The van der Waals surface area contributed by atoms with Crippen molar-refractivity contribution in [2.24, 2.45) is 0 Å². The third kappa shape index (κ3) is 4.72. The van der Waals surface area contributed by atoms with Gasteiger partial charge in [-0.05, 0) is 38.6 Å². The molecule has 0 radical (unpaired) electrons. The number of hydrogen-bond donors (Lipinski definition) is 0. The highest BCUT2D eigenvalue weighted by atomic mass is 16.1. The van der Waals surface area contributed by atoms with Crippen molar-refractivity contribution in [2.45, 2.75) is 26.8 Å². The molecule has 0 aromatic heterocycles. The molecule has 0 fully saturated rings. The topological polar surface area (TPSA) is 20.3 Å². The summed E-state index contributed by atoms with van der Waals surface area (Å²) in [5, 5.41) is 0. The molecule has 0 rings (SSSR count). The Morgan fingerprint density at radius 3 is 2.42 bits per heavy atom. The number of allylic oxidation sites excluding steroid dienone is 3. The van der Waals surface area contributed by atoms with Crippen LogP contribution in [-0.2, 0) is 4.79 Å². The first-order chi connectivity index (χ1) is 5.57. The van der Waals surface area contributed by atoms with Gasteiger partial charge in [0.1, 0.15) is 6.29 Å². The van der Waals surface area contributed by atoms with Crippen LogP contribution in [0.3, 0.4) is 0 Å². The molecule has 0 spiro atoms. The van der Waals surface area contributed by atoms with Crippen LogP contribution in [0.25, 0.3) is 0 Å². The molecule has 68 valence electrons. The smallest absolute Gasteiger partial charge is 0.145 e. The summed E-state index contributed by atoms with van der Waals surface area (Å²) in [5.41, 5.74) is 0.739. The minimum atomic E-state index is 0.492.